The largest absolute Gasteiger partial charge is 0.360 e. The molecule has 1 aromatic rings. The van der Waals surface area contributed by atoms with E-state index in [0.29, 0.717) is 12.4 Å². The number of aryl methyl sites for hydroxylation is 1. The molecule has 0 radical (unpaired) electrons. The maximum absolute atomic E-state index is 10.9. The van der Waals surface area contributed by atoms with Crippen molar-refractivity contribution >= 4 is 18.2 Å². The first kappa shape index (κ1) is 17.3. The van der Waals surface area contributed by atoms with Crippen molar-refractivity contribution in [2.75, 3.05) is 12.9 Å². The summed E-state index contributed by atoms with van der Waals surface area (Å²) in [5.74, 6) is 0. The minimum Gasteiger partial charge on any atom is -0.360 e. The van der Waals surface area contributed by atoms with Crippen LogP contribution in [0.1, 0.15) is 11.3 Å². The van der Waals surface area contributed by atoms with Gasteiger partial charge in [-0.2, -0.15) is 13.5 Å². The van der Waals surface area contributed by atoms with Crippen molar-refractivity contribution in [2.24, 2.45) is 0 Å². The molecule has 0 amide bonds. The van der Waals surface area contributed by atoms with Gasteiger partial charge >= 0.3 is 0 Å². The van der Waals surface area contributed by atoms with Gasteiger partial charge in [0, 0.05) is 20.9 Å². The first-order valence-corrected chi connectivity index (χ1v) is 12.0. The number of ether oxygens (including phenoxy) is 1. The molecular formula is C12H24N2O4SSi. The fraction of sp³-hybridized carbons (Fsp3) is 0.750. The maximum atomic E-state index is 10.9. The quantitative estimate of drug-likeness (QED) is 0.416. The summed E-state index contributed by atoms with van der Waals surface area (Å²) in [4.78, 5) is 0. The van der Waals surface area contributed by atoms with E-state index in [1.807, 2.05) is 13.1 Å². The van der Waals surface area contributed by atoms with Gasteiger partial charge in [-0.05, 0) is 18.5 Å². The molecule has 0 fully saturated rings. The van der Waals surface area contributed by atoms with Gasteiger partial charge in [-0.25, -0.2) is 4.68 Å². The molecule has 0 saturated heterocycles. The van der Waals surface area contributed by atoms with Gasteiger partial charge in [-0.3, -0.25) is 4.18 Å². The standard InChI is InChI=1S/C12H24N2O4SSi/c1-11-8-14(10-17-6-7-20(3,4)5)13-12(11)9-18-19(2,15)16/h8H,6-7,9-10H2,1-5H3. The van der Waals surface area contributed by atoms with Gasteiger partial charge < -0.3 is 4.74 Å². The van der Waals surface area contributed by atoms with Crippen molar-refractivity contribution in [1.29, 1.82) is 0 Å². The van der Waals surface area contributed by atoms with Gasteiger partial charge in [-0.1, -0.05) is 19.6 Å². The minimum absolute atomic E-state index is 0.0351. The zero-order valence-electron chi connectivity index (χ0n) is 12.8. The second kappa shape index (κ2) is 6.84. The van der Waals surface area contributed by atoms with Gasteiger partial charge in [0.25, 0.3) is 10.1 Å². The minimum atomic E-state index is -3.44. The van der Waals surface area contributed by atoms with E-state index in [4.69, 9.17) is 8.92 Å². The molecule has 1 rings (SSSR count). The Kier molecular flexibility index (Phi) is 5.93. The predicted molar refractivity (Wildman–Crippen MR) is 80.7 cm³/mol. The molecule has 116 valence electrons. The molecule has 20 heavy (non-hydrogen) atoms. The second-order valence-corrected chi connectivity index (χ2v) is 13.4. The summed E-state index contributed by atoms with van der Waals surface area (Å²) in [5, 5.41) is 4.26. The van der Waals surface area contributed by atoms with Crippen LogP contribution in [0.3, 0.4) is 0 Å². The van der Waals surface area contributed by atoms with Crippen LogP contribution in [-0.2, 0) is 32.4 Å². The third kappa shape index (κ3) is 7.18. The Morgan fingerprint density at radius 2 is 2.00 bits per heavy atom. The Morgan fingerprint density at radius 1 is 1.35 bits per heavy atom. The summed E-state index contributed by atoms with van der Waals surface area (Å²) in [6.45, 7) is 9.84. The third-order valence-corrected chi connectivity index (χ3v) is 4.93. The van der Waals surface area contributed by atoms with E-state index in [0.717, 1.165) is 24.5 Å². The van der Waals surface area contributed by atoms with Gasteiger partial charge in [0.05, 0.1) is 11.9 Å². The molecule has 1 heterocycles. The molecule has 1 aromatic heterocycles. The molecule has 0 aliphatic carbocycles. The van der Waals surface area contributed by atoms with E-state index < -0.39 is 18.2 Å². The molecule has 6 nitrogen and oxygen atoms in total. The topological polar surface area (TPSA) is 70.4 Å². The molecule has 0 aliphatic rings. The van der Waals surface area contributed by atoms with Crippen LogP contribution in [-0.4, -0.2) is 39.1 Å². The Morgan fingerprint density at radius 3 is 2.55 bits per heavy atom. The van der Waals surface area contributed by atoms with Crippen molar-refractivity contribution < 1.29 is 17.3 Å². The lowest BCUT2D eigenvalue weighted by molar-refractivity contribution is 0.0779. The number of hydrogen-bond donors (Lipinski definition) is 0. The molecule has 0 spiro atoms. The molecule has 0 N–H and O–H groups in total. The van der Waals surface area contributed by atoms with Gasteiger partial charge in [-0.15, -0.1) is 0 Å². The van der Waals surface area contributed by atoms with Gasteiger partial charge in [0.1, 0.15) is 13.3 Å². The van der Waals surface area contributed by atoms with Crippen LogP contribution < -0.4 is 0 Å². The van der Waals surface area contributed by atoms with Crippen LogP contribution in [0.25, 0.3) is 0 Å². The molecule has 8 heteroatoms. The van der Waals surface area contributed by atoms with Crippen LogP contribution in [0.5, 0.6) is 0 Å². The molecule has 0 aliphatic heterocycles. The Balaban J connectivity index is 2.45. The number of nitrogens with zero attached hydrogens (tertiary/aromatic N) is 2. The lowest BCUT2D eigenvalue weighted by Gasteiger charge is -2.15. The highest BCUT2D eigenvalue weighted by Crippen LogP contribution is 2.10. The summed E-state index contributed by atoms with van der Waals surface area (Å²) in [6, 6.07) is 1.11. The fourth-order valence-corrected chi connectivity index (χ4v) is 2.55. The van der Waals surface area contributed by atoms with E-state index in [1.54, 1.807) is 4.68 Å². The normalized spacial score (nSPS) is 12.8. The molecule has 0 bridgehead atoms. The number of hydrogen-bond acceptors (Lipinski definition) is 5. The Hall–Kier alpha value is -0.703. The van der Waals surface area contributed by atoms with Gasteiger partial charge in [0.2, 0.25) is 0 Å². The second-order valence-electron chi connectivity index (χ2n) is 6.11. The Bertz CT molecular complexity index is 534. The monoisotopic (exact) mass is 320 g/mol. The van der Waals surface area contributed by atoms with Crippen molar-refractivity contribution in [3.05, 3.63) is 17.5 Å². The van der Waals surface area contributed by atoms with Crippen molar-refractivity contribution in [3.8, 4) is 0 Å². The van der Waals surface area contributed by atoms with E-state index in [2.05, 4.69) is 24.7 Å². The first-order valence-electron chi connectivity index (χ1n) is 6.52. The van der Waals surface area contributed by atoms with Crippen LogP contribution >= 0.6 is 0 Å². The fourth-order valence-electron chi connectivity index (χ4n) is 1.47. The van der Waals surface area contributed by atoms with E-state index in [-0.39, 0.29) is 6.61 Å². The highest BCUT2D eigenvalue weighted by molar-refractivity contribution is 7.85. The highest BCUT2D eigenvalue weighted by atomic mass is 32.2. The average Bonchev–Trinajstić information content (AvgIpc) is 2.60. The molecule has 0 atom stereocenters. The molecule has 0 saturated carbocycles. The number of rotatable bonds is 8. The zero-order chi connectivity index (χ0) is 15.4. The molecule has 0 unspecified atom stereocenters. The summed E-state index contributed by atoms with van der Waals surface area (Å²) in [5.41, 5.74) is 1.51. The number of aromatic nitrogens is 2. The highest BCUT2D eigenvalue weighted by Gasteiger charge is 2.13. The Labute approximate surface area is 122 Å². The van der Waals surface area contributed by atoms with Crippen LogP contribution in [0.2, 0.25) is 25.7 Å². The van der Waals surface area contributed by atoms with Crippen LogP contribution in [0.4, 0.5) is 0 Å². The van der Waals surface area contributed by atoms with Crippen LogP contribution in [0, 0.1) is 6.92 Å². The molecule has 0 aromatic carbocycles. The van der Waals surface area contributed by atoms with E-state index >= 15 is 0 Å². The third-order valence-electron chi connectivity index (χ3n) is 2.68. The van der Waals surface area contributed by atoms with Crippen molar-refractivity contribution in [2.45, 2.75) is 45.9 Å². The summed E-state index contributed by atoms with van der Waals surface area (Å²) < 4.78 is 33.9. The predicted octanol–water partition coefficient (Wildman–Crippen LogP) is 1.98. The lowest BCUT2D eigenvalue weighted by Crippen LogP contribution is -2.22. The lowest BCUT2D eigenvalue weighted by atomic mass is 10.3. The SMILES string of the molecule is Cc1cn(COCC[Si](C)(C)C)nc1COS(C)(=O)=O. The maximum Gasteiger partial charge on any atom is 0.264 e. The summed E-state index contributed by atoms with van der Waals surface area (Å²) >= 11 is 0. The summed E-state index contributed by atoms with van der Waals surface area (Å²) in [7, 11) is -4.52. The smallest absolute Gasteiger partial charge is 0.264 e. The van der Waals surface area contributed by atoms with E-state index in [1.165, 1.54) is 0 Å². The van der Waals surface area contributed by atoms with E-state index in [9.17, 15) is 8.42 Å². The van der Waals surface area contributed by atoms with Crippen molar-refractivity contribution in [1.82, 2.24) is 9.78 Å². The zero-order valence-corrected chi connectivity index (χ0v) is 14.7. The van der Waals surface area contributed by atoms with Crippen LogP contribution in [0.15, 0.2) is 6.20 Å². The van der Waals surface area contributed by atoms with Gasteiger partial charge in [0.15, 0.2) is 0 Å². The summed E-state index contributed by atoms with van der Waals surface area (Å²) in [6.07, 6.45) is 2.86. The molecular weight excluding hydrogens is 296 g/mol. The first-order chi connectivity index (χ1) is 9.07. The average molecular weight is 320 g/mol. The van der Waals surface area contributed by atoms with Crippen molar-refractivity contribution in [3.63, 3.8) is 0 Å².